The topological polar surface area (TPSA) is 85.7 Å². The van der Waals surface area contributed by atoms with E-state index in [1.165, 1.54) is 6.33 Å². The van der Waals surface area contributed by atoms with Crippen molar-refractivity contribution in [3.63, 3.8) is 0 Å². The molecular formula is C12H14N4O2. The number of hydrogen-bond acceptors (Lipinski definition) is 5. The van der Waals surface area contributed by atoms with Crippen LogP contribution in [-0.4, -0.2) is 31.4 Å². The average Bonchev–Trinajstić information content (AvgIpc) is 2.78. The quantitative estimate of drug-likeness (QED) is 0.766. The molecule has 3 heterocycles. The standard InChI is InChI=1S/C12H14N4O2/c1-12-6(10(12)17)4-9(18-12)7-2-3-8-11(13)14-5-15-16(7)8/h2-3,5-6,9-10,17H,4H2,1H3,(H2,13,14,15)/t6?,9-,10?,12+/m1/s1. The van der Waals surface area contributed by atoms with Gasteiger partial charge in [-0.2, -0.15) is 5.10 Å². The van der Waals surface area contributed by atoms with Gasteiger partial charge in [0.15, 0.2) is 5.82 Å². The molecular weight excluding hydrogens is 232 g/mol. The lowest BCUT2D eigenvalue weighted by atomic mass is 10.1. The molecule has 2 fully saturated rings. The van der Waals surface area contributed by atoms with Gasteiger partial charge in [-0.1, -0.05) is 0 Å². The normalized spacial score (nSPS) is 38.0. The largest absolute Gasteiger partial charge is 0.390 e. The van der Waals surface area contributed by atoms with Crippen molar-refractivity contribution in [1.82, 2.24) is 14.6 Å². The van der Waals surface area contributed by atoms with Crippen molar-refractivity contribution >= 4 is 11.3 Å². The lowest BCUT2D eigenvalue weighted by Crippen LogP contribution is -2.17. The minimum absolute atomic E-state index is 0.0276. The Labute approximate surface area is 103 Å². The summed E-state index contributed by atoms with van der Waals surface area (Å²) in [4.78, 5) is 3.96. The molecule has 18 heavy (non-hydrogen) atoms. The van der Waals surface area contributed by atoms with Crippen molar-refractivity contribution in [3.05, 3.63) is 24.2 Å². The Hall–Kier alpha value is -1.66. The van der Waals surface area contributed by atoms with Crippen molar-refractivity contribution in [2.75, 3.05) is 5.73 Å². The van der Waals surface area contributed by atoms with Gasteiger partial charge in [0.2, 0.25) is 0 Å². The third kappa shape index (κ3) is 1.09. The molecule has 0 amide bonds. The molecule has 2 aromatic rings. The van der Waals surface area contributed by atoms with Gasteiger partial charge in [-0.3, -0.25) is 0 Å². The first-order chi connectivity index (χ1) is 8.61. The maximum absolute atomic E-state index is 9.70. The Morgan fingerprint density at radius 1 is 1.56 bits per heavy atom. The van der Waals surface area contributed by atoms with Crippen LogP contribution in [0.15, 0.2) is 18.5 Å². The van der Waals surface area contributed by atoms with E-state index in [0.717, 1.165) is 17.6 Å². The lowest BCUT2D eigenvalue weighted by molar-refractivity contribution is -0.0258. The van der Waals surface area contributed by atoms with E-state index < -0.39 is 0 Å². The van der Waals surface area contributed by atoms with Gasteiger partial charge < -0.3 is 15.6 Å². The SMILES string of the molecule is C[C@]12O[C@@H](c3ccc4c(N)ncnn34)CC1C2O. The Balaban J connectivity index is 1.75. The van der Waals surface area contributed by atoms with Gasteiger partial charge in [0.1, 0.15) is 17.9 Å². The van der Waals surface area contributed by atoms with Crippen LogP contribution in [0.2, 0.25) is 0 Å². The molecule has 94 valence electrons. The Morgan fingerprint density at radius 3 is 3.11 bits per heavy atom. The molecule has 1 saturated heterocycles. The van der Waals surface area contributed by atoms with Crippen LogP contribution in [0.1, 0.15) is 25.1 Å². The van der Waals surface area contributed by atoms with Gasteiger partial charge in [0.25, 0.3) is 0 Å². The summed E-state index contributed by atoms with van der Waals surface area (Å²) in [7, 11) is 0. The van der Waals surface area contributed by atoms with E-state index in [1.807, 2.05) is 19.1 Å². The van der Waals surface area contributed by atoms with E-state index in [2.05, 4.69) is 10.1 Å². The highest BCUT2D eigenvalue weighted by molar-refractivity contribution is 5.65. The summed E-state index contributed by atoms with van der Waals surface area (Å²) in [6.07, 6.45) is 1.92. The van der Waals surface area contributed by atoms with Crippen LogP contribution in [0.25, 0.3) is 5.52 Å². The summed E-state index contributed by atoms with van der Waals surface area (Å²) in [5.74, 6) is 0.706. The van der Waals surface area contributed by atoms with Crippen LogP contribution in [0, 0.1) is 5.92 Å². The van der Waals surface area contributed by atoms with E-state index in [4.69, 9.17) is 10.5 Å². The zero-order chi connectivity index (χ0) is 12.5. The first kappa shape index (κ1) is 10.3. The van der Waals surface area contributed by atoms with Gasteiger partial charge in [-0.05, 0) is 25.5 Å². The highest BCUT2D eigenvalue weighted by atomic mass is 16.5. The van der Waals surface area contributed by atoms with E-state index in [0.29, 0.717) is 5.82 Å². The summed E-state index contributed by atoms with van der Waals surface area (Å²) >= 11 is 0. The smallest absolute Gasteiger partial charge is 0.151 e. The monoisotopic (exact) mass is 246 g/mol. The van der Waals surface area contributed by atoms with E-state index >= 15 is 0 Å². The predicted molar refractivity (Wildman–Crippen MR) is 63.7 cm³/mol. The number of ether oxygens (including phenoxy) is 1. The highest BCUT2D eigenvalue weighted by Gasteiger charge is 2.68. The molecule has 1 aliphatic heterocycles. The van der Waals surface area contributed by atoms with Gasteiger partial charge >= 0.3 is 0 Å². The minimum Gasteiger partial charge on any atom is -0.390 e. The molecule has 6 heteroatoms. The summed E-state index contributed by atoms with van der Waals surface area (Å²) in [6, 6.07) is 3.86. The second kappa shape index (κ2) is 3.02. The fourth-order valence-electron chi connectivity index (χ4n) is 3.06. The molecule has 6 nitrogen and oxygen atoms in total. The second-order valence-corrected chi connectivity index (χ2v) is 5.28. The molecule has 1 aliphatic carbocycles. The molecule has 0 radical (unpaired) electrons. The van der Waals surface area contributed by atoms with Crippen molar-refractivity contribution in [1.29, 1.82) is 0 Å². The summed E-state index contributed by atoms with van der Waals surface area (Å²) in [6.45, 7) is 1.96. The molecule has 0 bridgehead atoms. The van der Waals surface area contributed by atoms with Crippen LogP contribution in [0.3, 0.4) is 0 Å². The van der Waals surface area contributed by atoms with Crippen LogP contribution < -0.4 is 5.73 Å². The van der Waals surface area contributed by atoms with Crippen molar-refractivity contribution in [2.24, 2.45) is 5.92 Å². The van der Waals surface area contributed by atoms with Crippen LogP contribution in [0.4, 0.5) is 5.82 Å². The van der Waals surface area contributed by atoms with Gasteiger partial charge in [-0.15, -0.1) is 0 Å². The van der Waals surface area contributed by atoms with Crippen LogP contribution >= 0.6 is 0 Å². The number of nitrogens with two attached hydrogens (primary N) is 1. The summed E-state index contributed by atoms with van der Waals surface area (Å²) < 4.78 is 7.73. The number of hydrogen-bond donors (Lipinski definition) is 2. The molecule has 0 aromatic carbocycles. The van der Waals surface area contributed by atoms with E-state index in [1.54, 1.807) is 4.52 Å². The fourth-order valence-corrected chi connectivity index (χ4v) is 3.06. The zero-order valence-electron chi connectivity index (χ0n) is 9.95. The molecule has 4 atom stereocenters. The first-order valence-electron chi connectivity index (χ1n) is 6.05. The average molecular weight is 246 g/mol. The van der Waals surface area contributed by atoms with Crippen molar-refractivity contribution in [2.45, 2.75) is 31.2 Å². The Morgan fingerprint density at radius 2 is 2.39 bits per heavy atom. The molecule has 0 spiro atoms. The number of aromatic nitrogens is 3. The number of fused-ring (bicyclic) bond motifs is 2. The number of aliphatic hydroxyl groups excluding tert-OH is 1. The highest BCUT2D eigenvalue weighted by Crippen LogP contribution is 2.59. The molecule has 2 unspecified atom stereocenters. The third-order valence-corrected chi connectivity index (χ3v) is 4.30. The van der Waals surface area contributed by atoms with Crippen LogP contribution in [-0.2, 0) is 4.74 Å². The van der Waals surface area contributed by atoms with Gasteiger partial charge in [0.05, 0.1) is 17.4 Å². The number of nitrogens with zero attached hydrogens (tertiary/aromatic N) is 3. The molecule has 2 aromatic heterocycles. The molecule has 3 N–H and O–H groups in total. The maximum Gasteiger partial charge on any atom is 0.151 e. The zero-order valence-corrected chi connectivity index (χ0v) is 9.95. The molecule has 4 rings (SSSR count). The minimum atomic E-state index is -0.368. The van der Waals surface area contributed by atoms with Gasteiger partial charge in [0, 0.05) is 5.92 Å². The third-order valence-electron chi connectivity index (χ3n) is 4.30. The number of nitrogen functional groups attached to an aromatic ring is 1. The number of rotatable bonds is 1. The molecule has 2 aliphatic rings. The Kier molecular flexibility index (Phi) is 1.72. The number of anilines is 1. The Bertz CT molecular complexity index is 640. The van der Waals surface area contributed by atoms with Gasteiger partial charge in [-0.25, -0.2) is 9.50 Å². The van der Waals surface area contributed by atoms with E-state index in [9.17, 15) is 5.11 Å². The van der Waals surface area contributed by atoms with E-state index in [-0.39, 0.29) is 23.7 Å². The first-order valence-corrected chi connectivity index (χ1v) is 6.05. The predicted octanol–water partition coefficient (Wildman–Crippen LogP) is 0.522. The second-order valence-electron chi connectivity index (χ2n) is 5.28. The maximum atomic E-state index is 9.70. The summed E-state index contributed by atoms with van der Waals surface area (Å²) in [5.41, 5.74) is 7.20. The van der Waals surface area contributed by atoms with Crippen LogP contribution in [0.5, 0.6) is 0 Å². The molecule has 1 saturated carbocycles. The number of aliphatic hydroxyl groups is 1. The van der Waals surface area contributed by atoms with Crippen molar-refractivity contribution < 1.29 is 9.84 Å². The summed E-state index contributed by atoms with van der Waals surface area (Å²) in [5, 5.41) is 13.9. The lowest BCUT2D eigenvalue weighted by Gasteiger charge is -2.16. The van der Waals surface area contributed by atoms with Crippen molar-refractivity contribution in [3.8, 4) is 0 Å². The fraction of sp³-hybridized carbons (Fsp3) is 0.500.